The summed E-state index contributed by atoms with van der Waals surface area (Å²) in [6.07, 6.45) is -0.200. The van der Waals surface area contributed by atoms with Crippen molar-refractivity contribution in [2.45, 2.75) is 26.4 Å². The molecule has 1 heterocycles. The third kappa shape index (κ3) is 4.81. The van der Waals surface area contributed by atoms with E-state index in [0.29, 0.717) is 0 Å². The van der Waals surface area contributed by atoms with Crippen LogP contribution in [0.4, 0.5) is 4.79 Å². The predicted octanol–water partition coefficient (Wildman–Crippen LogP) is 1.40. The van der Waals surface area contributed by atoms with Crippen molar-refractivity contribution in [1.82, 2.24) is 10.2 Å². The van der Waals surface area contributed by atoms with Gasteiger partial charge < -0.3 is 15.0 Å². The largest absolute Gasteiger partial charge is 0.444 e. The third-order valence-corrected chi connectivity index (χ3v) is 1.77. The average Bonchev–Trinajstić information content (AvgIpc) is 2.03. The number of ether oxygens (including phenoxy) is 1. The van der Waals surface area contributed by atoms with Crippen LogP contribution in [0.3, 0.4) is 0 Å². The Morgan fingerprint density at radius 3 is 2.21 bits per heavy atom. The van der Waals surface area contributed by atoms with Crippen LogP contribution in [0, 0.1) is 0 Å². The number of rotatable bonds is 0. The second-order valence-electron chi connectivity index (χ2n) is 4.22. The maximum absolute atomic E-state index is 11.5. The first-order chi connectivity index (χ1) is 5.99. The van der Waals surface area contributed by atoms with Crippen LogP contribution in [0.25, 0.3) is 0 Å². The minimum atomic E-state index is -0.387. The Kier molecular flexibility index (Phi) is 5.44. The summed E-state index contributed by atoms with van der Waals surface area (Å²) in [5.41, 5.74) is -0.387. The first kappa shape index (κ1) is 13.7. The smallest absolute Gasteiger partial charge is 0.410 e. The first-order valence-electron chi connectivity index (χ1n) is 4.68. The fourth-order valence-corrected chi connectivity index (χ4v) is 1.17. The summed E-state index contributed by atoms with van der Waals surface area (Å²) in [7, 11) is 0. The SMILES string of the molecule is Br.CC(C)(C)OC(=O)N1CCNCC1. The zero-order chi connectivity index (χ0) is 9.90. The van der Waals surface area contributed by atoms with E-state index in [4.69, 9.17) is 4.74 Å². The molecule has 0 aromatic heterocycles. The van der Waals surface area contributed by atoms with Gasteiger partial charge in [0, 0.05) is 26.2 Å². The van der Waals surface area contributed by atoms with E-state index in [1.165, 1.54) is 0 Å². The molecule has 0 aliphatic carbocycles. The fraction of sp³-hybridized carbons (Fsp3) is 0.889. The van der Waals surface area contributed by atoms with Gasteiger partial charge in [-0.3, -0.25) is 0 Å². The van der Waals surface area contributed by atoms with Crippen molar-refractivity contribution in [3.05, 3.63) is 0 Å². The highest BCUT2D eigenvalue weighted by molar-refractivity contribution is 8.93. The summed E-state index contributed by atoms with van der Waals surface area (Å²) in [4.78, 5) is 13.2. The molecule has 1 N–H and O–H groups in total. The van der Waals surface area contributed by atoms with Gasteiger partial charge in [0.1, 0.15) is 5.60 Å². The maximum Gasteiger partial charge on any atom is 0.410 e. The van der Waals surface area contributed by atoms with Gasteiger partial charge in [-0.1, -0.05) is 0 Å². The Morgan fingerprint density at radius 1 is 1.29 bits per heavy atom. The van der Waals surface area contributed by atoms with E-state index in [9.17, 15) is 4.79 Å². The van der Waals surface area contributed by atoms with E-state index in [2.05, 4.69) is 5.32 Å². The summed E-state index contributed by atoms with van der Waals surface area (Å²) in [5.74, 6) is 0. The monoisotopic (exact) mass is 266 g/mol. The lowest BCUT2D eigenvalue weighted by Crippen LogP contribution is -2.48. The van der Waals surface area contributed by atoms with Crippen molar-refractivity contribution >= 4 is 23.1 Å². The van der Waals surface area contributed by atoms with Crippen LogP contribution >= 0.6 is 17.0 Å². The van der Waals surface area contributed by atoms with Gasteiger partial charge in [0.25, 0.3) is 0 Å². The van der Waals surface area contributed by atoms with Gasteiger partial charge in [0.15, 0.2) is 0 Å². The molecule has 5 heteroatoms. The third-order valence-electron chi connectivity index (χ3n) is 1.77. The number of carbonyl (C=O) groups excluding carboxylic acids is 1. The summed E-state index contributed by atoms with van der Waals surface area (Å²) in [6, 6.07) is 0. The highest BCUT2D eigenvalue weighted by Crippen LogP contribution is 2.09. The highest BCUT2D eigenvalue weighted by Gasteiger charge is 2.22. The summed E-state index contributed by atoms with van der Waals surface area (Å²) in [5, 5.41) is 3.18. The molecule has 1 rings (SSSR count). The van der Waals surface area contributed by atoms with E-state index in [0.717, 1.165) is 26.2 Å². The van der Waals surface area contributed by atoms with Gasteiger partial charge in [-0.2, -0.15) is 0 Å². The van der Waals surface area contributed by atoms with Gasteiger partial charge in [-0.05, 0) is 20.8 Å². The zero-order valence-electron chi connectivity index (χ0n) is 9.00. The molecule has 1 aliphatic rings. The van der Waals surface area contributed by atoms with Crippen LogP contribution in [0.5, 0.6) is 0 Å². The molecule has 0 unspecified atom stereocenters. The molecule has 0 spiro atoms. The Morgan fingerprint density at radius 2 is 1.79 bits per heavy atom. The molecule has 0 bridgehead atoms. The van der Waals surface area contributed by atoms with Gasteiger partial charge in [0.05, 0.1) is 0 Å². The maximum atomic E-state index is 11.5. The van der Waals surface area contributed by atoms with E-state index >= 15 is 0 Å². The molecular formula is C9H19BrN2O2. The number of nitrogens with zero attached hydrogens (tertiary/aromatic N) is 1. The second-order valence-corrected chi connectivity index (χ2v) is 4.22. The molecule has 0 saturated carbocycles. The van der Waals surface area contributed by atoms with E-state index in [1.54, 1.807) is 4.90 Å². The van der Waals surface area contributed by atoms with Crippen LogP contribution in [0.1, 0.15) is 20.8 Å². The van der Waals surface area contributed by atoms with Gasteiger partial charge in [-0.15, -0.1) is 17.0 Å². The van der Waals surface area contributed by atoms with Crippen molar-refractivity contribution in [1.29, 1.82) is 0 Å². The number of hydrogen-bond acceptors (Lipinski definition) is 3. The second kappa shape index (κ2) is 5.56. The first-order valence-corrected chi connectivity index (χ1v) is 4.68. The topological polar surface area (TPSA) is 41.6 Å². The zero-order valence-corrected chi connectivity index (χ0v) is 10.7. The average molecular weight is 267 g/mol. The number of halogens is 1. The fourth-order valence-electron chi connectivity index (χ4n) is 1.17. The van der Waals surface area contributed by atoms with E-state index in [-0.39, 0.29) is 28.7 Å². The molecule has 1 aliphatic heterocycles. The Hall–Kier alpha value is -0.290. The highest BCUT2D eigenvalue weighted by atomic mass is 79.9. The molecule has 84 valence electrons. The predicted molar refractivity (Wildman–Crippen MR) is 61.0 cm³/mol. The molecule has 0 aromatic rings. The van der Waals surface area contributed by atoms with Gasteiger partial charge in [0.2, 0.25) is 0 Å². The normalized spacial score (nSPS) is 17.2. The van der Waals surface area contributed by atoms with Crippen LogP contribution in [0.2, 0.25) is 0 Å². The molecule has 14 heavy (non-hydrogen) atoms. The number of carbonyl (C=O) groups is 1. The molecule has 4 nitrogen and oxygen atoms in total. The lowest BCUT2D eigenvalue weighted by molar-refractivity contribution is 0.0229. The molecule has 0 atom stereocenters. The molecule has 1 saturated heterocycles. The van der Waals surface area contributed by atoms with Crippen LogP contribution < -0.4 is 5.32 Å². The van der Waals surface area contributed by atoms with Crippen molar-refractivity contribution in [3.63, 3.8) is 0 Å². The van der Waals surface area contributed by atoms with Crippen LogP contribution in [0.15, 0.2) is 0 Å². The van der Waals surface area contributed by atoms with E-state index < -0.39 is 0 Å². The van der Waals surface area contributed by atoms with Crippen molar-refractivity contribution in [3.8, 4) is 0 Å². The van der Waals surface area contributed by atoms with Crippen LogP contribution in [-0.2, 0) is 4.74 Å². The summed E-state index contributed by atoms with van der Waals surface area (Å²) < 4.78 is 5.24. The quantitative estimate of drug-likeness (QED) is 0.721. The minimum absolute atomic E-state index is 0. The molecule has 1 fully saturated rings. The minimum Gasteiger partial charge on any atom is -0.444 e. The molecular weight excluding hydrogens is 248 g/mol. The van der Waals surface area contributed by atoms with Gasteiger partial charge in [-0.25, -0.2) is 4.79 Å². The molecule has 1 amide bonds. The number of amides is 1. The lowest BCUT2D eigenvalue weighted by atomic mass is 10.2. The summed E-state index contributed by atoms with van der Waals surface area (Å²) in [6.45, 7) is 8.86. The number of piperazine rings is 1. The Balaban J connectivity index is 0.00000169. The van der Waals surface area contributed by atoms with E-state index in [1.807, 2.05) is 20.8 Å². The van der Waals surface area contributed by atoms with Crippen molar-refractivity contribution in [2.24, 2.45) is 0 Å². The standard InChI is InChI=1S/C9H18N2O2.BrH/c1-9(2,3)13-8(12)11-6-4-10-5-7-11;/h10H,4-7H2,1-3H3;1H. The van der Waals surface area contributed by atoms with Crippen LogP contribution in [-0.4, -0.2) is 42.8 Å². The number of nitrogens with one attached hydrogen (secondary N) is 1. The number of hydrogen-bond donors (Lipinski definition) is 1. The molecule has 0 aromatic carbocycles. The Bertz CT molecular complexity index is 186. The summed E-state index contributed by atoms with van der Waals surface area (Å²) >= 11 is 0. The van der Waals surface area contributed by atoms with Gasteiger partial charge >= 0.3 is 6.09 Å². The molecule has 0 radical (unpaired) electrons. The Labute approximate surface area is 95.8 Å². The van der Waals surface area contributed by atoms with Crippen molar-refractivity contribution in [2.75, 3.05) is 26.2 Å². The van der Waals surface area contributed by atoms with Crippen molar-refractivity contribution < 1.29 is 9.53 Å². The lowest BCUT2D eigenvalue weighted by Gasteiger charge is -2.30.